The summed E-state index contributed by atoms with van der Waals surface area (Å²) in [5.74, 6) is 0.772. The second kappa shape index (κ2) is 21.5. The van der Waals surface area contributed by atoms with E-state index in [4.69, 9.17) is 66.7 Å². The summed E-state index contributed by atoms with van der Waals surface area (Å²) in [5, 5.41) is 28.7. The van der Waals surface area contributed by atoms with Crippen molar-refractivity contribution in [3.05, 3.63) is 77.5 Å². The van der Waals surface area contributed by atoms with Gasteiger partial charge in [-0.05, 0) is 25.3 Å². The largest absolute Gasteiger partial charge is 0.491 e. The van der Waals surface area contributed by atoms with E-state index in [2.05, 4.69) is 15.0 Å². The van der Waals surface area contributed by atoms with Gasteiger partial charge in [0.15, 0.2) is 5.15 Å². The molecular formula is C24H30Cl4N6O7. The molecule has 0 spiro atoms. The van der Waals surface area contributed by atoms with Crippen LogP contribution in [0.3, 0.4) is 0 Å². The Bertz CT molecular complexity index is 1220. The van der Waals surface area contributed by atoms with E-state index in [1.165, 1.54) is 24.5 Å². The summed E-state index contributed by atoms with van der Waals surface area (Å²) >= 11 is 22.1. The van der Waals surface area contributed by atoms with Gasteiger partial charge in [-0.2, -0.15) is 0 Å². The molecule has 0 aromatic carbocycles. The van der Waals surface area contributed by atoms with Crippen molar-refractivity contribution in [2.75, 3.05) is 25.6 Å². The maximum Gasteiger partial charge on any atom is 0.347 e. The molecule has 0 aliphatic heterocycles. The van der Waals surface area contributed by atoms with Gasteiger partial charge >= 0.3 is 11.4 Å². The van der Waals surface area contributed by atoms with E-state index in [1.54, 1.807) is 12.3 Å². The number of aliphatic hydroxyl groups excluding tert-OH is 1. The molecule has 3 rings (SSSR count). The van der Waals surface area contributed by atoms with E-state index in [9.17, 15) is 20.2 Å². The van der Waals surface area contributed by atoms with Gasteiger partial charge in [0.25, 0.3) is 0 Å². The zero-order chi connectivity index (χ0) is 31.4. The molecule has 0 radical (unpaired) electrons. The Hall–Kier alpha value is -3.23. The lowest BCUT2D eigenvalue weighted by Crippen LogP contribution is -2.00. The molecule has 3 aromatic rings. The average molecular weight is 656 g/mol. The molecule has 0 aliphatic carbocycles. The Labute approximate surface area is 256 Å². The summed E-state index contributed by atoms with van der Waals surface area (Å²) < 4.78 is 10.5. The van der Waals surface area contributed by atoms with Gasteiger partial charge in [0.1, 0.15) is 16.5 Å². The molecule has 226 valence electrons. The van der Waals surface area contributed by atoms with E-state index in [-0.39, 0.29) is 32.5 Å². The van der Waals surface area contributed by atoms with Crippen LogP contribution in [0.2, 0.25) is 20.5 Å². The monoisotopic (exact) mass is 654 g/mol. The second-order valence-corrected chi connectivity index (χ2v) is 8.81. The van der Waals surface area contributed by atoms with Crippen LogP contribution in [-0.4, -0.2) is 49.7 Å². The van der Waals surface area contributed by atoms with Crippen molar-refractivity contribution < 1.29 is 24.4 Å². The van der Waals surface area contributed by atoms with Gasteiger partial charge in [-0.15, -0.1) is 0 Å². The SMILES string of the molecule is CCCO.CCCOc1ccnc(Cl)c1N.CCCOc1ccnc(Cl)c1[N+](=O)[O-].O=[N+]([O-])c1c(Cl)ccnc1Cl. The van der Waals surface area contributed by atoms with E-state index in [0.717, 1.165) is 19.3 Å². The van der Waals surface area contributed by atoms with Crippen LogP contribution < -0.4 is 15.2 Å². The number of nitrogens with zero attached hydrogens (tertiary/aromatic N) is 5. The summed E-state index contributed by atoms with van der Waals surface area (Å²) in [4.78, 5) is 30.5. The van der Waals surface area contributed by atoms with Crippen LogP contribution in [-0.2, 0) is 0 Å². The van der Waals surface area contributed by atoms with Crippen molar-refractivity contribution in [3.63, 3.8) is 0 Å². The molecule has 0 aliphatic rings. The van der Waals surface area contributed by atoms with Crippen LogP contribution in [0.25, 0.3) is 0 Å². The predicted octanol–water partition coefficient (Wildman–Crippen LogP) is 7.22. The third-order valence-corrected chi connectivity index (χ3v) is 5.25. The third kappa shape index (κ3) is 14.3. The van der Waals surface area contributed by atoms with Crippen LogP contribution in [0, 0.1) is 20.2 Å². The first-order chi connectivity index (χ1) is 19.5. The van der Waals surface area contributed by atoms with Crippen molar-refractivity contribution in [1.29, 1.82) is 0 Å². The molecule has 0 fully saturated rings. The fourth-order valence-electron chi connectivity index (χ4n) is 2.24. The molecule has 3 aromatic heterocycles. The second-order valence-electron chi connectivity index (χ2n) is 7.33. The molecule has 3 heterocycles. The fraction of sp³-hybridized carbons (Fsp3) is 0.375. The summed E-state index contributed by atoms with van der Waals surface area (Å²) in [6, 6.07) is 4.45. The minimum absolute atomic E-state index is 0.00463. The van der Waals surface area contributed by atoms with Crippen molar-refractivity contribution in [1.82, 2.24) is 15.0 Å². The number of halogens is 4. The molecule has 3 N–H and O–H groups in total. The Morgan fingerprint density at radius 2 is 1.17 bits per heavy atom. The highest BCUT2D eigenvalue weighted by atomic mass is 35.5. The lowest BCUT2D eigenvalue weighted by molar-refractivity contribution is -0.386. The van der Waals surface area contributed by atoms with E-state index in [1.807, 2.05) is 20.8 Å². The zero-order valence-electron chi connectivity index (χ0n) is 22.4. The first-order valence-corrected chi connectivity index (χ1v) is 13.5. The van der Waals surface area contributed by atoms with Crippen LogP contribution in [0.4, 0.5) is 17.1 Å². The fourth-order valence-corrected chi connectivity index (χ4v) is 3.10. The maximum absolute atomic E-state index is 10.6. The number of aliphatic hydroxyl groups is 1. The number of hydrogen-bond donors (Lipinski definition) is 2. The van der Waals surface area contributed by atoms with Crippen molar-refractivity contribution >= 4 is 63.5 Å². The molecule has 17 heteroatoms. The number of rotatable bonds is 9. The smallest absolute Gasteiger partial charge is 0.347 e. The predicted molar refractivity (Wildman–Crippen MR) is 159 cm³/mol. The van der Waals surface area contributed by atoms with Crippen LogP contribution in [0.5, 0.6) is 11.5 Å². The van der Waals surface area contributed by atoms with Crippen molar-refractivity contribution in [2.24, 2.45) is 0 Å². The standard InChI is InChI=1S/C8H9ClN2O3.C8H11ClN2O.C5H2Cl2N2O2.C3H8O/c1-2-5-14-6-3-4-10-8(9)7(6)11(12)13;1-2-5-12-6-3-4-11-8(9)7(6)10;6-3-1-2-8-5(7)4(3)9(10)11;1-2-3-4/h3-4H,2,5H2,1H3;3-4H,2,5,10H2,1H3;1-2H;4H,2-3H2,1H3. The Morgan fingerprint density at radius 3 is 1.59 bits per heavy atom. The number of hydrogen-bond acceptors (Lipinski definition) is 11. The summed E-state index contributed by atoms with van der Waals surface area (Å²) in [6.07, 6.45) is 6.85. The van der Waals surface area contributed by atoms with E-state index < -0.39 is 9.85 Å². The Kier molecular flexibility index (Phi) is 19.8. The first-order valence-electron chi connectivity index (χ1n) is 12.0. The molecular weight excluding hydrogens is 626 g/mol. The van der Waals surface area contributed by atoms with Crippen molar-refractivity contribution in [2.45, 2.75) is 40.0 Å². The highest BCUT2D eigenvalue weighted by Crippen LogP contribution is 2.32. The quantitative estimate of drug-likeness (QED) is 0.134. The highest BCUT2D eigenvalue weighted by Gasteiger charge is 2.20. The first kappa shape index (κ1) is 37.8. The summed E-state index contributed by atoms with van der Waals surface area (Å²) in [7, 11) is 0. The summed E-state index contributed by atoms with van der Waals surface area (Å²) in [6.45, 7) is 7.25. The number of pyridine rings is 3. The lowest BCUT2D eigenvalue weighted by atomic mass is 10.4. The van der Waals surface area contributed by atoms with Gasteiger partial charge in [-0.25, -0.2) is 15.0 Å². The number of nitrogen functional groups attached to an aromatic ring is 1. The topological polar surface area (TPSA) is 190 Å². The maximum atomic E-state index is 10.6. The van der Waals surface area contributed by atoms with Crippen LogP contribution in [0.15, 0.2) is 36.8 Å². The van der Waals surface area contributed by atoms with Gasteiger partial charge in [0.05, 0.1) is 23.1 Å². The molecule has 0 saturated heterocycles. The van der Waals surface area contributed by atoms with E-state index >= 15 is 0 Å². The zero-order valence-corrected chi connectivity index (χ0v) is 25.5. The lowest BCUT2D eigenvalue weighted by Gasteiger charge is -2.07. The molecule has 0 atom stereocenters. The highest BCUT2D eigenvalue weighted by molar-refractivity contribution is 6.37. The summed E-state index contributed by atoms with van der Waals surface area (Å²) in [5.41, 5.74) is 5.39. The minimum Gasteiger partial charge on any atom is -0.491 e. The molecule has 0 bridgehead atoms. The molecule has 41 heavy (non-hydrogen) atoms. The third-order valence-electron chi connectivity index (χ3n) is 4.09. The Morgan fingerprint density at radius 1 is 0.756 bits per heavy atom. The minimum atomic E-state index is -0.669. The average Bonchev–Trinajstić information content (AvgIpc) is 2.93. The van der Waals surface area contributed by atoms with Gasteiger partial charge < -0.3 is 20.3 Å². The van der Waals surface area contributed by atoms with Crippen molar-refractivity contribution in [3.8, 4) is 11.5 Å². The van der Waals surface area contributed by atoms with Crippen LogP contribution in [0.1, 0.15) is 40.0 Å². The van der Waals surface area contributed by atoms with Crippen LogP contribution >= 0.6 is 46.4 Å². The van der Waals surface area contributed by atoms with Gasteiger partial charge in [-0.1, -0.05) is 67.2 Å². The molecule has 0 unspecified atom stereocenters. The van der Waals surface area contributed by atoms with Gasteiger partial charge in [0.2, 0.25) is 16.1 Å². The number of anilines is 1. The normalized spacial score (nSPS) is 9.56. The van der Waals surface area contributed by atoms with Gasteiger partial charge in [-0.3, -0.25) is 20.2 Å². The molecule has 0 amide bonds. The molecule has 0 saturated carbocycles. The number of nitro groups is 2. The van der Waals surface area contributed by atoms with Gasteiger partial charge in [0, 0.05) is 37.3 Å². The molecule has 13 nitrogen and oxygen atoms in total. The van der Waals surface area contributed by atoms with E-state index in [0.29, 0.717) is 36.4 Å². The number of ether oxygens (including phenoxy) is 2. The Balaban J connectivity index is 0.000000552. The number of aromatic nitrogens is 3. The number of nitrogens with two attached hydrogens (primary N) is 1.